The molecule has 0 aliphatic carbocycles. The average molecular weight is 530 g/mol. The zero-order chi connectivity index (χ0) is 20.4. The summed E-state index contributed by atoms with van der Waals surface area (Å²) in [5, 5.41) is 6.55. The number of morpholine rings is 1. The molecule has 0 saturated carbocycles. The van der Waals surface area contributed by atoms with E-state index in [4.69, 9.17) is 9.47 Å². The molecule has 0 radical (unpaired) electrons. The normalized spacial score (nSPS) is 16.7. The van der Waals surface area contributed by atoms with E-state index in [1.165, 1.54) is 12.1 Å². The van der Waals surface area contributed by atoms with Gasteiger partial charge in [-0.15, -0.1) is 24.0 Å². The van der Waals surface area contributed by atoms with E-state index >= 15 is 0 Å². The van der Waals surface area contributed by atoms with E-state index in [1.807, 2.05) is 6.92 Å². The highest BCUT2D eigenvalue weighted by molar-refractivity contribution is 14.0. The molecule has 0 bridgehead atoms. The summed E-state index contributed by atoms with van der Waals surface area (Å²) in [5.41, 5.74) is 0.887. The number of hydrogen-bond donors (Lipinski definition) is 2. The third-order valence-corrected chi connectivity index (χ3v) is 4.32. The van der Waals surface area contributed by atoms with Crippen LogP contribution in [0.5, 0.6) is 5.75 Å². The highest BCUT2D eigenvalue weighted by Gasteiger charge is 2.28. The minimum atomic E-state index is -4.34. The van der Waals surface area contributed by atoms with E-state index in [0.717, 1.165) is 45.0 Å². The summed E-state index contributed by atoms with van der Waals surface area (Å²) in [7, 11) is 0. The lowest BCUT2D eigenvalue weighted by molar-refractivity contribution is -0.153. The van der Waals surface area contributed by atoms with Crippen LogP contribution in [0.25, 0.3) is 0 Å². The Balaban J connectivity index is 0.00000420. The molecule has 0 spiro atoms. The van der Waals surface area contributed by atoms with Gasteiger partial charge in [-0.3, -0.25) is 4.90 Å². The molecule has 10 heteroatoms. The molecule has 2 N–H and O–H groups in total. The number of aliphatic imine (C=N–C) groups is 1. The van der Waals surface area contributed by atoms with Crippen LogP contribution in [0, 0.1) is 0 Å². The van der Waals surface area contributed by atoms with Crippen molar-refractivity contribution in [2.24, 2.45) is 4.99 Å². The highest BCUT2D eigenvalue weighted by atomic mass is 127. The van der Waals surface area contributed by atoms with Crippen LogP contribution in [-0.2, 0) is 11.3 Å². The molecule has 1 fully saturated rings. The van der Waals surface area contributed by atoms with E-state index in [-0.39, 0.29) is 29.7 Å². The van der Waals surface area contributed by atoms with Gasteiger partial charge in [0, 0.05) is 32.2 Å². The first-order chi connectivity index (χ1) is 13.4. The number of guanidine groups is 1. The van der Waals surface area contributed by atoms with Crippen LogP contribution < -0.4 is 15.4 Å². The minimum Gasteiger partial charge on any atom is -0.484 e. The number of rotatable bonds is 8. The minimum absolute atomic E-state index is 0. The Labute approximate surface area is 187 Å². The van der Waals surface area contributed by atoms with Crippen LogP contribution >= 0.6 is 24.0 Å². The first-order valence-electron chi connectivity index (χ1n) is 9.50. The highest BCUT2D eigenvalue weighted by Crippen LogP contribution is 2.19. The molecule has 6 nitrogen and oxygen atoms in total. The van der Waals surface area contributed by atoms with E-state index < -0.39 is 12.8 Å². The van der Waals surface area contributed by atoms with Crippen molar-refractivity contribution in [2.75, 3.05) is 46.0 Å². The van der Waals surface area contributed by atoms with Gasteiger partial charge in [-0.2, -0.15) is 13.2 Å². The zero-order valence-electron chi connectivity index (χ0n) is 16.8. The van der Waals surface area contributed by atoms with Gasteiger partial charge in [0.05, 0.1) is 19.8 Å². The van der Waals surface area contributed by atoms with Gasteiger partial charge in [-0.1, -0.05) is 12.1 Å². The summed E-state index contributed by atoms with van der Waals surface area (Å²) in [4.78, 5) is 6.92. The van der Waals surface area contributed by atoms with Crippen molar-refractivity contribution in [2.45, 2.75) is 32.6 Å². The fourth-order valence-corrected chi connectivity index (χ4v) is 2.76. The number of nitrogens with zero attached hydrogens (tertiary/aromatic N) is 2. The van der Waals surface area contributed by atoms with Gasteiger partial charge in [0.2, 0.25) is 0 Å². The first kappa shape index (κ1) is 25.8. The Hall–Kier alpha value is -1.27. The van der Waals surface area contributed by atoms with E-state index in [1.54, 1.807) is 12.1 Å². The molecule has 0 aromatic heterocycles. The van der Waals surface area contributed by atoms with E-state index in [0.29, 0.717) is 18.5 Å². The maximum absolute atomic E-state index is 12.2. The molecule has 1 unspecified atom stereocenters. The Morgan fingerprint density at radius 3 is 2.45 bits per heavy atom. The Bertz CT molecular complexity index is 608. The number of alkyl halides is 3. The topological polar surface area (TPSA) is 58.1 Å². The standard InChI is InChI=1S/C19H29F3N4O2.HI/c1-3-23-18(24-12-15(2)26-8-10-27-11-9-26)25-13-16-4-6-17(7-5-16)28-14-19(20,21)22;/h4-7,15H,3,8-14H2,1-2H3,(H2,23,24,25);1H. The number of ether oxygens (including phenoxy) is 2. The summed E-state index contributed by atoms with van der Waals surface area (Å²) in [5.74, 6) is 0.898. The van der Waals surface area contributed by atoms with Gasteiger partial charge in [0.25, 0.3) is 0 Å². The second-order valence-electron chi connectivity index (χ2n) is 6.62. The molecule has 29 heavy (non-hydrogen) atoms. The predicted octanol–water partition coefficient (Wildman–Crippen LogP) is 3.02. The van der Waals surface area contributed by atoms with Crippen molar-refractivity contribution >= 4 is 29.9 Å². The average Bonchev–Trinajstić information content (AvgIpc) is 2.69. The fraction of sp³-hybridized carbons (Fsp3) is 0.632. The lowest BCUT2D eigenvalue weighted by Crippen LogP contribution is -2.49. The van der Waals surface area contributed by atoms with Crippen molar-refractivity contribution in [1.82, 2.24) is 15.5 Å². The second kappa shape index (κ2) is 13.1. The van der Waals surface area contributed by atoms with Crippen LogP contribution in [0.15, 0.2) is 29.3 Å². The van der Waals surface area contributed by atoms with E-state index in [2.05, 4.69) is 27.4 Å². The molecule has 1 atom stereocenters. The molecular formula is C19H30F3IN4O2. The third kappa shape index (κ3) is 10.4. The van der Waals surface area contributed by atoms with E-state index in [9.17, 15) is 13.2 Å². The van der Waals surface area contributed by atoms with Crippen molar-refractivity contribution in [3.05, 3.63) is 29.8 Å². The maximum Gasteiger partial charge on any atom is 0.422 e. The SMILES string of the molecule is CCNC(=NCc1ccc(OCC(F)(F)F)cc1)NCC(C)N1CCOCC1.I. The predicted molar refractivity (Wildman–Crippen MR) is 118 cm³/mol. The molecule has 1 aliphatic rings. The summed E-state index contributed by atoms with van der Waals surface area (Å²) in [6.45, 7) is 8.18. The smallest absolute Gasteiger partial charge is 0.422 e. The van der Waals surface area contributed by atoms with Gasteiger partial charge in [-0.25, -0.2) is 4.99 Å². The number of nitrogens with one attached hydrogen (secondary N) is 2. The maximum atomic E-state index is 12.2. The summed E-state index contributed by atoms with van der Waals surface area (Å²) >= 11 is 0. The second-order valence-corrected chi connectivity index (χ2v) is 6.62. The van der Waals surface area contributed by atoms with Crippen molar-refractivity contribution in [1.29, 1.82) is 0 Å². The first-order valence-corrected chi connectivity index (χ1v) is 9.50. The quantitative estimate of drug-likeness (QED) is 0.308. The fourth-order valence-electron chi connectivity index (χ4n) is 2.76. The van der Waals surface area contributed by atoms with Crippen molar-refractivity contribution in [3.63, 3.8) is 0 Å². The van der Waals surface area contributed by atoms with Crippen LogP contribution in [0.1, 0.15) is 19.4 Å². The van der Waals surface area contributed by atoms with Gasteiger partial charge < -0.3 is 20.1 Å². The largest absolute Gasteiger partial charge is 0.484 e. The molecule has 1 saturated heterocycles. The Kier molecular flexibility index (Phi) is 11.7. The van der Waals surface area contributed by atoms with Gasteiger partial charge in [-0.05, 0) is 31.5 Å². The lowest BCUT2D eigenvalue weighted by Gasteiger charge is -2.32. The molecule has 1 heterocycles. The van der Waals surface area contributed by atoms with Crippen molar-refractivity contribution in [3.8, 4) is 5.75 Å². The summed E-state index contributed by atoms with van der Waals surface area (Å²) in [6.07, 6.45) is -4.34. The Morgan fingerprint density at radius 1 is 1.21 bits per heavy atom. The van der Waals surface area contributed by atoms with Gasteiger partial charge in [0.15, 0.2) is 12.6 Å². The number of benzene rings is 1. The molecular weight excluding hydrogens is 500 g/mol. The zero-order valence-corrected chi connectivity index (χ0v) is 19.1. The summed E-state index contributed by atoms with van der Waals surface area (Å²) in [6, 6.07) is 6.84. The van der Waals surface area contributed by atoms with Gasteiger partial charge >= 0.3 is 6.18 Å². The van der Waals surface area contributed by atoms with Crippen LogP contribution in [0.4, 0.5) is 13.2 Å². The van der Waals surface area contributed by atoms with Crippen LogP contribution in [0.2, 0.25) is 0 Å². The molecule has 2 rings (SSSR count). The lowest BCUT2D eigenvalue weighted by atomic mass is 10.2. The van der Waals surface area contributed by atoms with Crippen LogP contribution in [0.3, 0.4) is 0 Å². The monoisotopic (exact) mass is 530 g/mol. The number of halogens is 4. The summed E-state index contributed by atoms with van der Waals surface area (Å²) < 4.78 is 46.6. The molecule has 1 aliphatic heterocycles. The third-order valence-electron chi connectivity index (χ3n) is 4.32. The molecule has 166 valence electrons. The number of hydrogen-bond acceptors (Lipinski definition) is 4. The molecule has 1 aromatic carbocycles. The Morgan fingerprint density at radius 2 is 1.86 bits per heavy atom. The van der Waals surface area contributed by atoms with Crippen molar-refractivity contribution < 1.29 is 22.6 Å². The van der Waals surface area contributed by atoms with Crippen LogP contribution in [-0.4, -0.2) is 69.1 Å². The van der Waals surface area contributed by atoms with Gasteiger partial charge in [0.1, 0.15) is 5.75 Å². The molecule has 0 amide bonds. The molecule has 1 aromatic rings.